The van der Waals surface area contributed by atoms with E-state index in [0.29, 0.717) is 16.6 Å². The summed E-state index contributed by atoms with van der Waals surface area (Å²) in [6, 6.07) is 4.50. The normalized spacial score (nSPS) is 18.0. The molecule has 1 aliphatic heterocycles. The number of imidazole rings is 1. The van der Waals surface area contributed by atoms with Crippen LogP contribution in [-0.2, 0) is 21.4 Å². The number of fused-ring (bicyclic) bond motifs is 1. The zero-order valence-electron chi connectivity index (χ0n) is 13.6. The van der Waals surface area contributed by atoms with Crippen LogP contribution in [0.5, 0.6) is 0 Å². The zero-order chi connectivity index (χ0) is 18.1. The van der Waals surface area contributed by atoms with Gasteiger partial charge >= 0.3 is 11.7 Å². The van der Waals surface area contributed by atoms with Crippen molar-refractivity contribution < 1.29 is 19.5 Å². The molecule has 2 amide bonds. The first kappa shape index (κ1) is 16.7. The SMILES string of the molecule is Cn1c(=O)n(C2CCC(=O)NC2=O)c2cccc(/C=C/CC(=O)O)c21. The average molecular weight is 343 g/mol. The molecule has 25 heavy (non-hydrogen) atoms. The highest BCUT2D eigenvalue weighted by Crippen LogP contribution is 2.25. The van der Waals surface area contributed by atoms with Crippen molar-refractivity contribution >= 4 is 34.9 Å². The Morgan fingerprint density at radius 2 is 2.12 bits per heavy atom. The molecule has 130 valence electrons. The highest BCUT2D eigenvalue weighted by molar-refractivity contribution is 6.00. The summed E-state index contributed by atoms with van der Waals surface area (Å²) in [5.74, 6) is -1.78. The summed E-state index contributed by atoms with van der Waals surface area (Å²) < 4.78 is 2.82. The molecule has 2 N–H and O–H groups in total. The minimum Gasteiger partial charge on any atom is -0.481 e. The van der Waals surface area contributed by atoms with Crippen LogP contribution in [-0.4, -0.2) is 32.0 Å². The third-order valence-corrected chi connectivity index (χ3v) is 4.25. The Morgan fingerprint density at radius 3 is 2.80 bits per heavy atom. The number of aliphatic carboxylic acids is 1. The summed E-state index contributed by atoms with van der Waals surface area (Å²) in [6.07, 6.45) is 3.47. The van der Waals surface area contributed by atoms with Gasteiger partial charge < -0.3 is 5.11 Å². The Kier molecular flexibility index (Phi) is 4.26. The van der Waals surface area contributed by atoms with Crippen LogP contribution in [0.2, 0.25) is 0 Å². The van der Waals surface area contributed by atoms with Crippen LogP contribution in [0.15, 0.2) is 29.1 Å². The highest BCUT2D eigenvalue weighted by atomic mass is 16.4. The maximum absolute atomic E-state index is 12.7. The van der Waals surface area contributed by atoms with E-state index in [1.54, 1.807) is 31.3 Å². The first-order chi connectivity index (χ1) is 11.9. The summed E-state index contributed by atoms with van der Waals surface area (Å²) in [7, 11) is 1.60. The number of aryl methyl sites for hydroxylation is 1. The molecule has 1 aromatic carbocycles. The largest absolute Gasteiger partial charge is 0.481 e. The lowest BCUT2D eigenvalue weighted by Gasteiger charge is -2.21. The van der Waals surface area contributed by atoms with E-state index >= 15 is 0 Å². The number of amides is 2. The monoisotopic (exact) mass is 343 g/mol. The molecule has 0 bridgehead atoms. The number of carbonyl (C=O) groups excluding carboxylic acids is 2. The maximum Gasteiger partial charge on any atom is 0.329 e. The molecule has 8 heteroatoms. The number of piperidine rings is 1. The van der Waals surface area contributed by atoms with Gasteiger partial charge in [0.05, 0.1) is 17.5 Å². The Morgan fingerprint density at radius 1 is 1.36 bits per heavy atom. The van der Waals surface area contributed by atoms with Crippen molar-refractivity contribution in [1.82, 2.24) is 14.5 Å². The molecule has 3 rings (SSSR count). The molecule has 1 aliphatic rings. The fraction of sp³-hybridized carbons (Fsp3) is 0.294. The van der Waals surface area contributed by atoms with Gasteiger partial charge in [-0.05, 0) is 12.5 Å². The second-order valence-electron chi connectivity index (χ2n) is 5.89. The van der Waals surface area contributed by atoms with Crippen LogP contribution in [0.25, 0.3) is 17.1 Å². The molecule has 1 fully saturated rings. The summed E-state index contributed by atoms with van der Waals surface area (Å²) >= 11 is 0. The van der Waals surface area contributed by atoms with Crippen LogP contribution in [0.4, 0.5) is 0 Å². The van der Waals surface area contributed by atoms with E-state index in [2.05, 4.69) is 5.32 Å². The Balaban J connectivity index is 2.13. The van der Waals surface area contributed by atoms with E-state index in [0.717, 1.165) is 0 Å². The second kappa shape index (κ2) is 6.39. The van der Waals surface area contributed by atoms with E-state index in [1.807, 2.05) is 0 Å². The summed E-state index contributed by atoms with van der Waals surface area (Å²) in [6.45, 7) is 0. The predicted octanol–water partition coefficient (Wildman–Crippen LogP) is 0.806. The third-order valence-electron chi connectivity index (χ3n) is 4.25. The molecule has 1 saturated heterocycles. The second-order valence-corrected chi connectivity index (χ2v) is 5.89. The number of imide groups is 1. The number of carboxylic acids is 1. The van der Waals surface area contributed by atoms with Gasteiger partial charge in [0.2, 0.25) is 11.8 Å². The number of nitrogens with one attached hydrogen (secondary N) is 1. The maximum atomic E-state index is 12.7. The lowest BCUT2D eigenvalue weighted by atomic mass is 10.1. The first-order valence-electron chi connectivity index (χ1n) is 7.82. The predicted molar refractivity (Wildman–Crippen MR) is 89.9 cm³/mol. The smallest absolute Gasteiger partial charge is 0.329 e. The molecule has 1 unspecified atom stereocenters. The Hall–Kier alpha value is -3.16. The van der Waals surface area contributed by atoms with Gasteiger partial charge in [0.1, 0.15) is 6.04 Å². The molecule has 2 heterocycles. The van der Waals surface area contributed by atoms with Crippen LogP contribution >= 0.6 is 0 Å². The van der Waals surface area contributed by atoms with Gasteiger partial charge in [-0.25, -0.2) is 4.79 Å². The number of aromatic nitrogens is 2. The van der Waals surface area contributed by atoms with E-state index in [9.17, 15) is 19.2 Å². The van der Waals surface area contributed by atoms with Crippen molar-refractivity contribution in [3.05, 3.63) is 40.3 Å². The van der Waals surface area contributed by atoms with Crippen molar-refractivity contribution in [3.63, 3.8) is 0 Å². The summed E-state index contributed by atoms with van der Waals surface area (Å²) in [5, 5.41) is 11.0. The Labute approximate surface area is 142 Å². The first-order valence-corrected chi connectivity index (χ1v) is 7.82. The minimum absolute atomic E-state index is 0.127. The van der Waals surface area contributed by atoms with Gasteiger partial charge in [-0.2, -0.15) is 0 Å². The molecule has 1 aromatic heterocycles. The van der Waals surface area contributed by atoms with E-state index in [1.165, 1.54) is 15.2 Å². The van der Waals surface area contributed by atoms with Gasteiger partial charge in [0, 0.05) is 19.0 Å². The fourth-order valence-electron chi connectivity index (χ4n) is 3.12. The number of nitrogens with zero attached hydrogens (tertiary/aromatic N) is 2. The van der Waals surface area contributed by atoms with E-state index in [4.69, 9.17) is 5.11 Å². The van der Waals surface area contributed by atoms with Crippen LogP contribution < -0.4 is 11.0 Å². The number of para-hydroxylation sites is 1. The molecule has 2 aromatic rings. The molecular weight excluding hydrogens is 326 g/mol. The number of hydrogen-bond acceptors (Lipinski definition) is 4. The molecule has 1 atom stereocenters. The van der Waals surface area contributed by atoms with Gasteiger partial charge in [0.15, 0.2) is 0 Å². The molecule has 8 nitrogen and oxygen atoms in total. The van der Waals surface area contributed by atoms with Crippen molar-refractivity contribution in [1.29, 1.82) is 0 Å². The van der Waals surface area contributed by atoms with Crippen molar-refractivity contribution in [2.24, 2.45) is 7.05 Å². The molecule has 0 saturated carbocycles. The molecular formula is C17H17N3O5. The Bertz CT molecular complexity index is 967. The number of rotatable bonds is 4. The average Bonchev–Trinajstić information content (AvgIpc) is 2.80. The molecule has 0 radical (unpaired) electrons. The van der Waals surface area contributed by atoms with Crippen LogP contribution in [0, 0.1) is 0 Å². The van der Waals surface area contributed by atoms with Gasteiger partial charge in [-0.1, -0.05) is 24.3 Å². The third kappa shape index (κ3) is 2.98. The van der Waals surface area contributed by atoms with Gasteiger partial charge in [-0.3, -0.25) is 28.8 Å². The molecule has 0 spiro atoms. The van der Waals surface area contributed by atoms with Crippen molar-refractivity contribution in [2.45, 2.75) is 25.3 Å². The van der Waals surface area contributed by atoms with Gasteiger partial charge in [-0.15, -0.1) is 0 Å². The van der Waals surface area contributed by atoms with E-state index in [-0.39, 0.29) is 30.9 Å². The van der Waals surface area contributed by atoms with Crippen LogP contribution in [0.1, 0.15) is 30.9 Å². The molecule has 0 aliphatic carbocycles. The standard InChI is InChI=1S/C17H17N3O5/c1-19-15-10(5-3-7-14(22)23)4-2-6-11(15)20(17(19)25)12-8-9-13(21)18-16(12)24/h2-6,12H,7-9H2,1H3,(H,22,23)(H,18,21,24)/b5-3+. The fourth-order valence-corrected chi connectivity index (χ4v) is 3.12. The van der Waals surface area contributed by atoms with Crippen molar-refractivity contribution in [3.8, 4) is 0 Å². The summed E-state index contributed by atoms with van der Waals surface area (Å²) in [5.41, 5.74) is 1.51. The quantitative estimate of drug-likeness (QED) is 0.798. The highest BCUT2D eigenvalue weighted by Gasteiger charge is 2.31. The topological polar surface area (TPSA) is 110 Å². The number of hydrogen-bond donors (Lipinski definition) is 2. The summed E-state index contributed by atoms with van der Waals surface area (Å²) in [4.78, 5) is 46.9. The van der Waals surface area contributed by atoms with Crippen molar-refractivity contribution in [2.75, 3.05) is 0 Å². The van der Waals surface area contributed by atoms with E-state index < -0.39 is 17.9 Å². The van der Waals surface area contributed by atoms with Crippen LogP contribution in [0.3, 0.4) is 0 Å². The lowest BCUT2D eigenvalue weighted by molar-refractivity contribution is -0.137. The number of carbonyl (C=O) groups is 3. The van der Waals surface area contributed by atoms with Gasteiger partial charge in [0.25, 0.3) is 0 Å². The number of carboxylic acid groups (broad SMARTS) is 1. The minimum atomic E-state index is -0.946. The number of benzene rings is 1. The lowest BCUT2D eigenvalue weighted by Crippen LogP contribution is -2.44. The zero-order valence-corrected chi connectivity index (χ0v) is 13.6.